The summed E-state index contributed by atoms with van der Waals surface area (Å²) in [7, 11) is 0. The molecule has 3 aromatic rings. The van der Waals surface area contributed by atoms with Gasteiger partial charge in [0.25, 0.3) is 5.91 Å². The Hall–Kier alpha value is -4.49. The first-order chi connectivity index (χ1) is 22.3. The van der Waals surface area contributed by atoms with E-state index in [1.807, 2.05) is 0 Å². The molecule has 1 heterocycles. The number of benzene rings is 3. The first-order valence-electron chi connectivity index (χ1n) is 15.0. The van der Waals surface area contributed by atoms with Crippen LogP contribution in [-0.2, 0) is 19.2 Å². The molecule has 4 N–H and O–H groups in total. The zero-order valence-electron chi connectivity index (χ0n) is 26.1. The SMILES string of the molecule is [2H]CC(C)(C)[C@H](NC(=O)CNC(=O)COc1ccc([C@@H]2[C@@H](SCC(O)c3ccc(F)cc3)C(=O)N2c2ccc(F)cc2)cc1)C(=O)O. The topological polar surface area (TPSA) is 145 Å². The number of carboxylic acids is 1. The Kier molecular flexibility index (Phi) is 10.5. The maximum atomic E-state index is 13.6. The van der Waals surface area contributed by atoms with Crippen molar-refractivity contribution in [1.29, 1.82) is 0 Å². The average molecular weight is 657 g/mol. The van der Waals surface area contributed by atoms with E-state index < -0.39 is 71.4 Å². The zero-order chi connectivity index (χ0) is 34.3. The minimum absolute atomic E-state index is 0.170. The van der Waals surface area contributed by atoms with E-state index in [4.69, 9.17) is 6.11 Å². The summed E-state index contributed by atoms with van der Waals surface area (Å²) < 4.78 is 40.0. The van der Waals surface area contributed by atoms with E-state index >= 15 is 0 Å². The first kappa shape index (κ1) is 32.9. The fraction of sp³-hybridized carbons (Fsp3) is 0.333. The molecule has 3 amide bonds. The second-order valence-electron chi connectivity index (χ2n) is 11.4. The Labute approximate surface area is 270 Å². The smallest absolute Gasteiger partial charge is 0.326 e. The fourth-order valence-electron chi connectivity index (χ4n) is 4.76. The standard InChI is InChI=1S/C33H35F2N3O7S/c1-33(2,3)30(32(43)44)37-26(40)16-36-27(41)17-45-24-14-6-20(7-15-24)28-29(31(42)38(28)23-12-10-22(35)11-13-23)46-18-25(39)19-4-8-21(34)9-5-19/h4-15,25,28-30,39H,16-18H2,1-3H3,(H,36,41)(H,37,40)(H,43,44)/t25?,28-,29-,30-/m1/s1/i1D. The van der Waals surface area contributed by atoms with E-state index in [-0.39, 0.29) is 18.6 Å². The number of rotatable bonds is 13. The van der Waals surface area contributed by atoms with Gasteiger partial charge >= 0.3 is 5.97 Å². The number of aliphatic hydroxyl groups excluding tert-OH is 1. The zero-order valence-corrected chi connectivity index (χ0v) is 25.9. The molecule has 1 aliphatic rings. The molecule has 3 aromatic carbocycles. The molecule has 0 spiro atoms. The molecule has 10 nitrogen and oxygen atoms in total. The van der Waals surface area contributed by atoms with Crippen molar-refractivity contribution >= 4 is 41.1 Å². The van der Waals surface area contributed by atoms with Gasteiger partial charge in [0.05, 0.1) is 18.7 Å². The summed E-state index contributed by atoms with van der Waals surface area (Å²) in [6.45, 7) is 1.93. The van der Waals surface area contributed by atoms with Gasteiger partial charge in [0, 0.05) is 12.8 Å². The van der Waals surface area contributed by atoms with Crippen LogP contribution in [0.3, 0.4) is 0 Å². The van der Waals surface area contributed by atoms with Crippen LogP contribution in [0.25, 0.3) is 0 Å². The van der Waals surface area contributed by atoms with E-state index in [0.717, 1.165) is 5.56 Å². The number of carbonyl (C=O) groups excluding carboxylic acids is 3. The van der Waals surface area contributed by atoms with Crippen LogP contribution < -0.4 is 20.3 Å². The van der Waals surface area contributed by atoms with Crippen molar-refractivity contribution in [1.82, 2.24) is 10.6 Å². The molecule has 0 bridgehead atoms. The highest BCUT2D eigenvalue weighted by molar-refractivity contribution is 8.00. The predicted octanol–water partition coefficient (Wildman–Crippen LogP) is 4.00. The van der Waals surface area contributed by atoms with Crippen LogP contribution in [0.4, 0.5) is 14.5 Å². The van der Waals surface area contributed by atoms with Gasteiger partial charge in [-0.15, -0.1) is 11.8 Å². The molecule has 0 aliphatic carbocycles. The van der Waals surface area contributed by atoms with E-state index in [1.165, 1.54) is 65.2 Å². The van der Waals surface area contributed by atoms with Gasteiger partial charge in [-0.3, -0.25) is 14.4 Å². The number of thioether (sulfide) groups is 1. The lowest BCUT2D eigenvalue weighted by Crippen LogP contribution is -2.57. The third-order valence-electron chi connectivity index (χ3n) is 7.21. The summed E-state index contributed by atoms with van der Waals surface area (Å²) in [5.74, 6) is -3.24. The maximum absolute atomic E-state index is 13.6. The molecule has 1 aliphatic heterocycles. The first-order valence-corrected chi connectivity index (χ1v) is 15.3. The molecule has 0 saturated carbocycles. The average Bonchev–Trinajstić information content (AvgIpc) is 3.05. The van der Waals surface area contributed by atoms with Gasteiger partial charge in [-0.05, 0) is 65.1 Å². The lowest BCUT2D eigenvalue weighted by atomic mass is 9.87. The number of hydrogen-bond acceptors (Lipinski definition) is 7. The predicted molar refractivity (Wildman–Crippen MR) is 168 cm³/mol. The largest absolute Gasteiger partial charge is 0.484 e. The van der Waals surface area contributed by atoms with E-state index in [0.29, 0.717) is 17.0 Å². The number of anilines is 1. The summed E-state index contributed by atoms with van der Waals surface area (Å²) in [6.07, 6.45) is -0.935. The summed E-state index contributed by atoms with van der Waals surface area (Å²) in [4.78, 5) is 50.9. The summed E-state index contributed by atoms with van der Waals surface area (Å²) in [5, 5.41) is 24.1. The van der Waals surface area contributed by atoms with Crippen molar-refractivity contribution in [3.63, 3.8) is 0 Å². The third-order valence-corrected chi connectivity index (χ3v) is 8.54. The lowest BCUT2D eigenvalue weighted by Gasteiger charge is -2.47. The number of nitrogens with zero attached hydrogens (tertiary/aromatic N) is 1. The molecule has 4 atom stereocenters. The third kappa shape index (κ3) is 8.61. The van der Waals surface area contributed by atoms with Crippen LogP contribution in [0.1, 0.15) is 45.4 Å². The number of halogens is 2. The highest BCUT2D eigenvalue weighted by Gasteiger charge is 2.49. The summed E-state index contributed by atoms with van der Waals surface area (Å²) in [6, 6.07) is 15.9. The molecular formula is C33H35F2N3O7S. The number of aliphatic hydroxyl groups is 1. The van der Waals surface area contributed by atoms with Gasteiger partial charge < -0.3 is 30.5 Å². The van der Waals surface area contributed by atoms with Crippen LogP contribution in [-0.4, -0.2) is 64.1 Å². The van der Waals surface area contributed by atoms with E-state index in [1.54, 1.807) is 38.1 Å². The highest BCUT2D eigenvalue weighted by atomic mass is 32.2. The molecule has 1 unspecified atom stereocenters. The number of carboxylic acid groups (broad SMARTS) is 1. The van der Waals surface area contributed by atoms with Crippen molar-refractivity contribution < 1.29 is 44.3 Å². The molecule has 244 valence electrons. The van der Waals surface area contributed by atoms with E-state index in [9.17, 15) is 38.2 Å². The van der Waals surface area contributed by atoms with Crippen LogP contribution >= 0.6 is 11.8 Å². The Morgan fingerprint density at radius 1 is 1.00 bits per heavy atom. The molecular weight excluding hydrogens is 620 g/mol. The number of ether oxygens (including phenoxy) is 1. The second kappa shape index (κ2) is 14.7. The molecule has 46 heavy (non-hydrogen) atoms. The van der Waals surface area contributed by atoms with Gasteiger partial charge in [0.2, 0.25) is 11.8 Å². The highest BCUT2D eigenvalue weighted by Crippen LogP contribution is 2.46. The van der Waals surface area contributed by atoms with Crippen LogP contribution in [0.5, 0.6) is 5.75 Å². The monoisotopic (exact) mass is 656 g/mol. The molecule has 0 aromatic heterocycles. The number of hydrogen-bond donors (Lipinski definition) is 4. The van der Waals surface area contributed by atoms with Crippen LogP contribution in [0, 0.1) is 17.0 Å². The van der Waals surface area contributed by atoms with Crippen LogP contribution in [0.15, 0.2) is 72.8 Å². The van der Waals surface area contributed by atoms with E-state index in [2.05, 4.69) is 10.6 Å². The molecule has 1 fully saturated rings. The Morgan fingerprint density at radius 3 is 2.20 bits per heavy atom. The molecule has 4 rings (SSSR count). The van der Waals surface area contributed by atoms with Crippen molar-refractivity contribution in [2.45, 2.75) is 44.2 Å². The minimum Gasteiger partial charge on any atom is -0.484 e. The maximum Gasteiger partial charge on any atom is 0.326 e. The quantitative estimate of drug-likeness (QED) is 0.202. The second-order valence-corrected chi connectivity index (χ2v) is 12.6. The summed E-state index contributed by atoms with van der Waals surface area (Å²) in [5.41, 5.74) is 0.713. The van der Waals surface area contributed by atoms with Gasteiger partial charge in [-0.25, -0.2) is 13.6 Å². The van der Waals surface area contributed by atoms with Gasteiger partial charge in [0.15, 0.2) is 6.61 Å². The van der Waals surface area contributed by atoms with Gasteiger partial charge in [-0.2, -0.15) is 0 Å². The lowest BCUT2D eigenvalue weighted by molar-refractivity contribution is -0.144. The van der Waals surface area contributed by atoms with Crippen molar-refractivity contribution in [2.75, 3.05) is 23.8 Å². The number of aliphatic carboxylic acids is 1. The van der Waals surface area contributed by atoms with Crippen molar-refractivity contribution in [2.24, 2.45) is 5.41 Å². The number of β-lactam (4-membered cyclic amide) rings is 1. The normalized spacial score (nSPS) is 17.7. The number of amides is 3. The van der Waals surface area contributed by atoms with Gasteiger partial charge in [0.1, 0.15) is 28.7 Å². The molecule has 1 saturated heterocycles. The fourth-order valence-corrected chi connectivity index (χ4v) is 6.06. The van der Waals surface area contributed by atoms with Crippen molar-refractivity contribution in [3.05, 3.63) is 95.6 Å². The van der Waals surface area contributed by atoms with Gasteiger partial charge in [-0.1, -0.05) is 45.0 Å². The Bertz CT molecular complexity index is 1580. The summed E-state index contributed by atoms with van der Waals surface area (Å²) >= 11 is 1.25. The minimum atomic E-state index is -1.30. The number of nitrogens with one attached hydrogen (secondary N) is 2. The number of carbonyl (C=O) groups is 4. The molecule has 13 heteroatoms. The Morgan fingerprint density at radius 2 is 1.61 bits per heavy atom. The van der Waals surface area contributed by atoms with Crippen LogP contribution in [0.2, 0.25) is 0 Å². The Balaban J connectivity index is 1.37. The molecule has 0 radical (unpaired) electrons. The van der Waals surface area contributed by atoms with Crippen molar-refractivity contribution in [3.8, 4) is 5.75 Å².